The minimum atomic E-state index is -0.488. The summed E-state index contributed by atoms with van der Waals surface area (Å²) in [6, 6.07) is -0.488. The minimum Gasteiger partial charge on any atom is -0.443 e. The topological polar surface area (TPSA) is 66.9 Å². The summed E-state index contributed by atoms with van der Waals surface area (Å²) < 4.78 is 5.24. The lowest BCUT2D eigenvalue weighted by atomic mass is 10.1. The first-order valence-electron chi connectivity index (χ1n) is 7.09. The van der Waals surface area contributed by atoms with Crippen LogP contribution in [0.3, 0.4) is 0 Å². The van der Waals surface area contributed by atoms with Gasteiger partial charge in [-0.25, -0.2) is 9.69 Å². The molecular weight excluding hydrogens is 343 g/mol. The van der Waals surface area contributed by atoms with Crippen molar-refractivity contribution in [2.75, 3.05) is 19.8 Å². The van der Waals surface area contributed by atoms with E-state index in [0.717, 1.165) is 4.90 Å². The van der Waals surface area contributed by atoms with Crippen molar-refractivity contribution in [1.29, 1.82) is 0 Å². The number of urea groups is 1. The number of nitrogens with zero attached hydrogens (tertiary/aromatic N) is 2. The zero-order valence-corrected chi connectivity index (χ0v) is 14.4. The van der Waals surface area contributed by atoms with E-state index in [1.807, 2.05) is 13.8 Å². The van der Waals surface area contributed by atoms with Gasteiger partial charge < -0.3 is 9.64 Å². The molecule has 0 aromatic heterocycles. The van der Waals surface area contributed by atoms with E-state index in [0.29, 0.717) is 0 Å². The highest BCUT2D eigenvalue weighted by atomic mass is 35.5. The highest BCUT2D eigenvalue weighted by molar-refractivity contribution is 6.55. The standard InChI is InChI=1S/C15H18Cl2N2O4/c1-4-5-18-7-11(20)19(14(18)22)8-23-13(21)12-9(6-10(16)17)15(12,2)3/h4,6,9,12H,1,5,7-8H2,2-3H3. The van der Waals surface area contributed by atoms with Crippen LogP contribution in [0, 0.1) is 17.3 Å². The van der Waals surface area contributed by atoms with Crippen LogP contribution in [0.25, 0.3) is 0 Å². The average Bonchev–Trinajstić information content (AvgIpc) is 2.85. The lowest BCUT2D eigenvalue weighted by Crippen LogP contribution is -2.36. The number of esters is 1. The molecule has 1 saturated carbocycles. The van der Waals surface area contributed by atoms with Crippen molar-refractivity contribution >= 4 is 41.1 Å². The molecule has 1 heterocycles. The molecule has 23 heavy (non-hydrogen) atoms. The Morgan fingerprint density at radius 1 is 1.43 bits per heavy atom. The second-order valence-electron chi connectivity index (χ2n) is 6.15. The summed E-state index contributed by atoms with van der Waals surface area (Å²) in [6.07, 6.45) is 3.13. The molecule has 0 radical (unpaired) electrons. The summed E-state index contributed by atoms with van der Waals surface area (Å²) in [4.78, 5) is 38.2. The van der Waals surface area contributed by atoms with E-state index in [-0.39, 0.29) is 35.6 Å². The van der Waals surface area contributed by atoms with Gasteiger partial charge in [0.15, 0.2) is 6.73 Å². The third-order valence-electron chi connectivity index (χ3n) is 4.28. The van der Waals surface area contributed by atoms with Crippen LogP contribution >= 0.6 is 23.2 Å². The Kier molecular flexibility index (Phi) is 5.06. The Morgan fingerprint density at radius 3 is 2.65 bits per heavy atom. The first kappa shape index (κ1) is 17.8. The van der Waals surface area contributed by atoms with Gasteiger partial charge in [0.1, 0.15) is 11.0 Å². The van der Waals surface area contributed by atoms with Crippen LogP contribution in [0.15, 0.2) is 23.2 Å². The zero-order valence-electron chi connectivity index (χ0n) is 12.9. The van der Waals surface area contributed by atoms with Crippen molar-refractivity contribution in [2.45, 2.75) is 13.8 Å². The molecule has 0 N–H and O–H groups in total. The van der Waals surface area contributed by atoms with Crippen molar-refractivity contribution in [3.63, 3.8) is 0 Å². The molecule has 2 atom stereocenters. The molecule has 1 saturated heterocycles. The van der Waals surface area contributed by atoms with Crippen LogP contribution in [0.5, 0.6) is 0 Å². The average molecular weight is 361 g/mol. The Morgan fingerprint density at radius 2 is 2.09 bits per heavy atom. The highest BCUT2D eigenvalue weighted by Crippen LogP contribution is 2.60. The maximum atomic E-state index is 12.2. The van der Waals surface area contributed by atoms with Crippen LogP contribution in [0.2, 0.25) is 0 Å². The van der Waals surface area contributed by atoms with Crippen LogP contribution in [-0.4, -0.2) is 47.5 Å². The zero-order chi connectivity index (χ0) is 17.4. The number of ether oxygens (including phenoxy) is 1. The van der Waals surface area contributed by atoms with E-state index >= 15 is 0 Å². The maximum absolute atomic E-state index is 12.2. The smallest absolute Gasteiger partial charge is 0.330 e. The largest absolute Gasteiger partial charge is 0.443 e. The fourth-order valence-electron chi connectivity index (χ4n) is 2.81. The molecule has 0 aromatic rings. The molecule has 0 aromatic carbocycles. The summed E-state index contributed by atoms with van der Waals surface area (Å²) in [7, 11) is 0. The number of hydrogen-bond acceptors (Lipinski definition) is 4. The van der Waals surface area contributed by atoms with Gasteiger partial charge in [-0.3, -0.25) is 9.59 Å². The van der Waals surface area contributed by atoms with Crippen LogP contribution in [-0.2, 0) is 14.3 Å². The van der Waals surface area contributed by atoms with Gasteiger partial charge in [0, 0.05) is 6.54 Å². The van der Waals surface area contributed by atoms with Gasteiger partial charge in [0.2, 0.25) is 0 Å². The summed E-state index contributed by atoms with van der Waals surface area (Å²) in [5.41, 5.74) is -0.319. The van der Waals surface area contributed by atoms with E-state index in [1.54, 1.807) is 6.08 Å². The van der Waals surface area contributed by atoms with Gasteiger partial charge in [-0.15, -0.1) is 6.58 Å². The van der Waals surface area contributed by atoms with Gasteiger partial charge in [-0.1, -0.05) is 43.1 Å². The number of rotatable bonds is 6. The Balaban J connectivity index is 1.93. The Labute approximate surface area is 144 Å². The summed E-state index contributed by atoms with van der Waals surface area (Å²) in [5, 5.41) is 0. The number of carbonyl (C=O) groups is 3. The molecule has 2 aliphatic rings. The van der Waals surface area contributed by atoms with Gasteiger partial charge in [-0.05, 0) is 17.4 Å². The monoisotopic (exact) mass is 360 g/mol. The lowest BCUT2D eigenvalue weighted by molar-refractivity contribution is -0.151. The molecule has 1 aliphatic heterocycles. The molecule has 3 amide bonds. The fraction of sp³-hybridized carbons (Fsp3) is 0.533. The Hall–Kier alpha value is -1.53. The second kappa shape index (κ2) is 6.53. The molecule has 126 valence electrons. The van der Waals surface area contributed by atoms with E-state index in [2.05, 4.69) is 6.58 Å². The lowest BCUT2D eigenvalue weighted by Gasteiger charge is -2.15. The Bertz CT molecular complexity index is 584. The minimum absolute atomic E-state index is 0.0372. The van der Waals surface area contributed by atoms with Crippen molar-refractivity contribution in [3.05, 3.63) is 23.2 Å². The first-order chi connectivity index (χ1) is 10.7. The number of imide groups is 1. The molecule has 1 aliphatic carbocycles. The first-order valence-corrected chi connectivity index (χ1v) is 7.85. The number of halogens is 2. The molecule has 6 nitrogen and oxygen atoms in total. The van der Waals surface area contributed by atoms with Crippen molar-refractivity contribution in [1.82, 2.24) is 9.80 Å². The number of amides is 3. The third kappa shape index (κ3) is 3.53. The van der Waals surface area contributed by atoms with Crippen LogP contribution in [0.4, 0.5) is 4.79 Å². The predicted octanol–water partition coefficient (Wildman–Crippen LogP) is 2.53. The third-order valence-corrected chi connectivity index (χ3v) is 4.54. The maximum Gasteiger partial charge on any atom is 0.330 e. The second-order valence-corrected chi connectivity index (χ2v) is 7.16. The van der Waals surface area contributed by atoms with Gasteiger partial charge in [-0.2, -0.15) is 0 Å². The van der Waals surface area contributed by atoms with Gasteiger partial charge in [0.05, 0.1) is 5.92 Å². The van der Waals surface area contributed by atoms with Crippen molar-refractivity contribution in [3.8, 4) is 0 Å². The van der Waals surface area contributed by atoms with E-state index in [9.17, 15) is 14.4 Å². The molecule has 2 fully saturated rings. The van der Waals surface area contributed by atoms with Gasteiger partial charge >= 0.3 is 12.0 Å². The summed E-state index contributed by atoms with van der Waals surface area (Å²) in [5.74, 6) is -1.40. The number of carbonyl (C=O) groups excluding carboxylic acids is 3. The molecule has 8 heteroatoms. The summed E-state index contributed by atoms with van der Waals surface area (Å²) in [6.45, 7) is 7.17. The molecule has 2 unspecified atom stereocenters. The number of allylic oxidation sites excluding steroid dienone is 1. The summed E-state index contributed by atoms with van der Waals surface area (Å²) >= 11 is 11.3. The normalized spacial score (nSPS) is 25.4. The highest BCUT2D eigenvalue weighted by Gasteiger charge is 2.61. The quantitative estimate of drug-likeness (QED) is 0.414. The predicted molar refractivity (Wildman–Crippen MR) is 85.5 cm³/mol. The number of hydrogen-bond donors (Lipinski definition) is 0. The fourth-order valence-corrected chi connectivity index (χ4v) is 3.08. The van der Waals surface area contributed by atoms with Gasteiger partial charge in [0.25, 0.3) is 5.91 Å². The van der Waals surface area contributed by atoms with Crippen molar-refractivity contribution in [2.24, 2.45) is 17.3 Å². The van der Waals surface area contributed by atoms with Crippen LogP contribution in [0.1, 0.15) is 13.8 Å². The van der Waals surface area contributed by atoms with E-state index in [1.165, 1.54) is 11.0 Å². The molecular formula is C15H18Cl2N2O4. The molecule has 0 bridgehead atoms. The van der Waals surface area contributed by atoms with E-state index < -0.39 is 23.8 Å². The van der Waals surface area contributed by atoms with E-state index in [4.69, 9.17) is 27.9 Å². The SMILES string of the molecule is C=CCN1CC(=O)N(COC(=O)C2C(C=C(Cl)Cl)C2(C)C)C1=O. The molecule has 0 spiro atoms. The van der Waals surface area contributed by atoms with Crippen LogP contribution < -0.4 is 0 Å². The van der Waals surface area contributed by atoms with Crippen molar-refractivity contribution < 1.29 is 19.1 Å². The molecule has 2 rings (SSSR count).